The van der Waals surface area contributed by atoms with Crippen LogP contribution >= 0.6 is 0 Å². The van der Waals surface area contributed by atoms with Crippen molar-refractivity contribution in [1.82, 2.24) is 25.2 Å². The van der Waals surface area contributed by atoms with Crippen LogP contribution in [0, 0.1) is 0 Å². The van der Waals surface area contributed by atoms with Gasteiger partial charge in [-0.05, 0) is 49.9 Å². The van der Waals surface area contributed by atoms with Crippen molar-refractivity contribution >= 4 is 17.7 Å². The maximum atomic E-state index is 12.4. The molecular formula is C24H34N6O. The average Bonchev–Trinajstić information content (AvgIpc) is 3.47. The van der Waals surface area contributed by atoms with E-state index in [1.165, 1.54) is 24.1 Å². The van der Waals surface area contributed by atoms with E-state index < -0.39 is 0 Å². The second-order valence-corrected chi connectivity index (χ2v) is 8.98. The van der Waals surface area contributed by atoms with Gasteiger partial charge in [-0.2, -0.15) is 0 Å². The van der Waals surface area contributed by atoms with Gasteiger partial charge < -0.3 is 10.2 Å². The molecule has 31 heavy (non-hydrogen) atoms. The van der Waals surface area contributed by atoms with Crippen LogP contribution in [0.4, 0.5) is 5.69 Å². The Kier molecular flexibility index (Phi) is 7.02. The van der Waals surface area contributed by atoms with Gasteiger partial charge in [-0.3, -0.25) is 9.69 Å². The van der Waals surface area contributed by atoms with Crippen molar-refractivity contribution in [2.24, 2.45) is 0 Å². The molecule has 0 unspecified atom stereocenters. The zero-order valence-corrected chi connectivity index (χ0v) is 18.7. The molecule has 2 fully saturated rings. The van der Waals surface area contributed by atoms with Gasteiger partial charge in [0.15, 0.2) is 5.69 Å². The molecule has 7 heteroatoms. The van der Waals surface area contributed by atoms with E-state index in [1.807, 2.05) is 10.9 Å². The van der Waals surface area contributed by atoms with Crippen LogP contribution in [0.1, 0.15) is 60.6 Å². The highest BCUT2D eigenvalue weighted by atomic mass is 16.2. The van der Waals surface area contributed by atoms with E-state index in [2.05, 4.69) is 75.9 Å². The molecule has 1 aromatic carbocycles. The van der Waals surface area contributed by atoms with E-state index >= 15 is 0 Å². The minimum Gasteiger partial charge on any atom is -0.378 e. The SMILES string of the molecule is CN(C)c1ccc(/C=C/CN2CCC[C@@H](n3cc(C(=O)NC4CCCC4)nn3)C2)cc1. The van der Waals surface area contributed by atoms with E-state index in [0.29, 0.717) is 11.7 Å². The summed E-state index contributed by atoms with van der Waals surface area (Å²) in [5.41, 5.74) is 2.86. The molecule has 1 saturated heterocycles. The summed E-state index contributed by atoms with van der Waals surface area (Å²) >= 11 is 0. The number of anilines is 1. The van der Waals surface area contributed by atoms with Gasteiger partial charge in [0.25, 0.3) is 5.91 Å². The van der Waals surface area contributed by atoms with E-state index in [9.17, 15) is 4.79 Å². The number of nitrogens with one attached hydrogen (secondary N) is 1. The molecule has 2 aromatic rings. The second-order valence-electron chi connectivity index (χ2n) is 8.98. The smallest absolute Gasteiger partial charge is 0.273 e. The van der Waals surface area contributed by atoms with Gasteiger partial charge in [0, 0.05) is 38.9 Å². The van der Waals surface area contributed by atoms with Gasteiger partial charge in [-0.25, -0.2) is 4.68 Å². The molecule has 4 rings (SSSR count). The molecule has 1 aliphatic carbocycles. The van der Waals surface area contributed by atoms with Gasteiger partial charge >= 0.3 is 0 Å². The van der Waals surface area contributed by atoms with Crippen molar-refractivity contribution in [2.75, 3.05) is 38.6 Å². The molecular weight excluding hydrogens is 388 g/mol. The number of amides is 1. The summed E-state index contributed by atoms with van der Waals surface area (Å²) in [5, 5.41) is 11.5. The first-order valence-electron chi connectivity index (χ1n) is 11.5. The predicted molar refractivity (Wildman–Crippen MR) is 124 cm³/mol. The van der Waals surface area contributed by atoms with Crippen molar-refractivity contribution in [3.63, 3.8) is 0 Å². The molecule has 2 aliphatic rings. The fraction of sp³-hybridized carbons (Fsp3) is 0.542. The maximum absolute atomic E-state index is 12.4. The lowest BCUT2D eigenvalue weighted by Gasteiger charge is -2.31. The van der Waals surface area contributed by atoms with Crippen LogP contribution in [0.3, 0.4) is 0 Å². The largest absolute Gasteiger partial charge is 0.378 e. The molecule has 1 atom stereocenters. The van der Waals surface area contributed by atoms with Gasteiger partial charge in [-0.15, -0.1) is 5.10 Å². The summed E-state index contributed by atoms with van der Waals surface area (Å²) in [6.07, 6.45) is 13.0. The first-order valence-corrected chi connectivity index (χ1v) is 11.5. The molecule has 1 aromatic heterocycles. The van der Waals surface area contributed by atoms with Crippen LogP contribution in [-0.4, -0.2) is 65.6 Å². The van der Waals surface area contributed by atoms with E-state index in [4.69, 9.17) is 0 Å². The maximum Gasteiger partial charge on any atom is 0.273 e. The second kappa shape index (κ2) is 10.1. The van der Waals surface area contributed by atoms with Gasteiger partial charge in [0.1, 0.15) is 0 Å². The highest BCUT2D eigenvalue weighted by molar-refractivity contribution is 5.92. The number of carbonyl (C=O) groups excluding carboxylic acids is 1. The number of likely N-dealkylation sites (tertiary alicyclic amines) is 1. The molecule has 7 nitrogen and oxygen atoms in total. The quantitative estimate of drug-likeness (QED) is 0.741. The lowest BCUT2D eigenvalue weighted by molar-refractivity contribution is 0.0932. The fourth-order valence-electron chi connectivity index (χ4n) is 4.52. The lowest BCUT2D eigenvalue weighted by Crippen LogP contribution is -2.37. The molecule has 0 radical (unpaired) electrons. The van der Waals surface area contributed by atoms with Crippen LogP contribution in [0.5, 0.6) is 0 Å². The molecule has 0 spiro atoms. The Labute approximate surface area is 185 Å². The highest BCUT2D eigenvalue weighted by Crippen LogP contribution is 2.22. The van der Waals surface area contributed by atoms with Gasteiger partial charge in [0.2, 0.25) is 0 Å². The Morgan fingerprint density at radius 1 is 1.16 bits per heavy atom. The van der Waals surface area contributed by atoms with Crippen LogP contribution in [0.2, 0.25) is 0 Å². The minimum absolute atomic E-state index is 0.0889. The molecule has 1 saturated carbocycles. The van der Waals surface area contributed by atoms with Crippen molar-refractivity contribution in [3.05, 3.63) is 47.8 Å². The highest BCUT2D eigenvalue weighted by Gasteiger charge is 2.24. The molecule has 1 N–H and O–H groups in total. The number of rotatable bonds is 7. The van der Waals surface area contributed by atoms with Crippen LogP contribution in [0.25, 0.3) is 6.08 Å². The third-order valence-electron chi connectivity index (χ3n) is 6.37. The van der Waals surface area contributed by atoms with Crippen molar-refractivity contribution in [1.29, 1.82) is 0 Å². The Bertz CT molecular complexity index is 882. The minimum atomic E-state index is -0.0889. The third kappa shape index (κ3) is 5.73. The molecule has 0 bridgehead atoms. The van der Waals surface area contributed by atoms with Crippen molar-refractivity contribution in [2.45, 2.75) is 50.6 Å². The summed E-state index contributed by atoms with van der Waals surface area (Å²) in [5.74, 6) is -0.0889. The van der Waals surface area contributed by atoms with Crippen LogP contribution in [0.15, 0.2) is 36.5 Å². The summed E-state index contributed by atoms with van der Waals surface area (Å²) in [7, 11) is 4.11. The molecule has 166 valence electrons. The van der Waals surface area contributed by atoms with E-state index in [-0.39, 0.29) is 11.9 Å². The number of piperidine rings is 1. The third-order valence-corrected chi connectivity index (χ3v) is 6.37. The fourth-order valence-corrected chi connectivity index (χ4v) is 4.52. The number of carbonyl (C=O) groups is 1. The van der Waals surface area contributed by atoms with Crippen molar-refractivity contribution in [3.8, 4) is 0 Å². The number of aromatic nitrogens is 3. The summed E-state index contributed by atoms with van der Waals surface area (Å²) in [6, 6.07) is 9.15. The molecule has 1 amide bonds. The van der Waals surface area contributed by atoms with E-state index in [1.54, 1.807) is 0 Å². The number of benzene rings is 1. The van der Waals surface area contributed by atoms with Gasteiger partial charge in [0.05, 0.1) is 12.2 Å². The Hall–Kier alpha value is -2.67. The number of hydrogen-bond acceptors (Lipinski definition) is 5. The standard InChI is InChI=1S/C24H34N6O/c1-28(2)21-13-11-19(12-14-21)7-5-15-29-16-6-10-22(17-29)30-18-23(26-27-30)24(31)25-20-8-3-4-9-20/h5,7,11-14,18,20,22H,3-4,6,8-10,15-17H2,1-2H3,(H,25,31)/b7-5+/t22-/m1/s1. The monoisotopic (exact) mass is 422 g/mol. The molecule has 2 heterocycles. The first-order chi connectivity index (χ1) is 15.1. The number of nitrogens with zero attached hydrogens (tertiary/aromatic N) is 5. The average molecular weight is 423 g/mol. The summed E-state index contributed by atoms with van der Waals surface area (Å²) in [6.45, 7) is 2.93. The van der Waals surface area contributed by atoms with Gasteiger partial charge in [-0.1, -0.05) is 42.3 Å². The summed E-state index contributed by atoms with van der Waals surface area (Å²) < 4.78 is 1.89. The molecule has 1 aliphatic heterocycles. The Balaban J connectivity index is 1.29. The van der Waals surface area contributed by atoms with Crippen LogP contribution in [-0.2, 0) is 0 Å². The van der Waals surface area contributed by atoms with Crippen LogP contribution < -0.4 is 10.2 Å². The summed E-state index contributed by atoms with van der Waals surface area (Å²) in [4.78, 5) is 17.0. The lowest BCUT2D eigenvalue weighted by atomic mass is 10.1. The zero-order chi connectivity index (χ0) is 21.6. The normalized spacial score (nSPS) is 20.4. The first kappa shape index (κ1) is 21.6. The topological polar surface area (TPSA) is 66.3 Å². The zero-order valence-electron chi connectivity index (χ0n) is 18.7. The van der Waals surface area contributed by atoms with E-state index in [0.717, 1.165) is 45.3 Å². The van der Waals surface area contributed by atoms with Crippen molar-refractivity contribution < 1.29 is 4.79 Å². The number of hydrogen-bond donors (Lipinski definition) is 1. The Morgan fingerprint density at radius 3 is 2.68 bits per heavy atom. The Morgan fingerprint density at radius 2 is 1.94 bits per heavy atom. The predicted octanol–water partition coefficient (Wildman–Crippen LogP) is 3.37.